The molecule has 236 valence electrons. The van der Waals surface area contributed by atoms with Crippen molar-refractivity contribution in [3.63, 3.8) is 0 Å². The van der Waals surface area contributed by atoms with E-state index in [0.29, 0.717) is 49.4 Å². The van der Waals surface area contributed by atoms with Crippen molar-refractivity contribution in [1.29, 1.82) is 0 Å². The fraction of sp³-hybridized carbons (Fsp3) is 0.633. The van der Waals surface area contributed by atoms with Crippen LogP contribution in [0.2, 0.25) is 0 Å². The summed E-state index contributed by atoms with van der Waals surface area (Å²) >= 11 is -0.118. The maximum Gasteiger partial charge on any atom is 0.446 e. The van der Waals surface area contributed by atoms with Gasteiger partial charge in [0.2, 0.25) is 0 Å². The van der Waals surface area contributed by atoms with Gasteiger partial charge in [-0.2, -0.15) is 13.2 Å². The highest BCUT2D eigenvalue weighted by atomic mass is 32.2. The molecule has 3 saturated heterocycles. The van der Waals surface area contributed by atoms with E-state index in [2.05, 4.69) is 20.6 Å². The predicted molar refractivity (Wildman–Crippen MR) is 157 cm³/mol. The molecule has 0 aliphatic carbocycles. The molecule has 3 aliphatic rings. The molecule has 0 radical (unpaired) electrons. The Hall–Kier alpha value is -2.45. The Kier molecular flexibility index (Phi) is 10.8. The quantitative estimate of drug-likeness (QED) is 0.369. The molecule has 2 N–H and O–H groups in total. The van der Waals surface area contributed by atoms with Gasteiger partial charge in [0.25, 0.3) is 5.91 Å². The lowest BCUT2D eigenvalue weighted by Gasteiger charge is -2.38. The number of alkyl halides is 3. The van der Waals surface area contributed by atoms with Crippen molar-refractivity contribution >= 4 is 23.5 Å². The van der Waals surface area contributed by atoms with E-state index < -0.39 is 5.51 Å². The minimum Gasteiger partial charge on any atom is -0.379 e. The second-order valence-electron chi connectivity index (χ2n) is 11.3. The van der Waals surface area contributed by atoms with Crippen LogP contribution in [0.1, 0.15) is 66.2 Å². The Morgan fingerprint density at radius 3 is 2.60 bits per heavy atom. The zero-order valence-corrected chi connectivity index (χ0v) is 25.4. The summed E-state index contributed by atoms with van der Waals surface area (Å²) in [5.41, 5.74) is -2.35. The lowest BCUT2D eigenvalue weighted by molar-refractivity contribution is -0.0533. The highest BCUT2D eigenvalue weighted by Gasteiger charge is 2.32. The molecule has 0 saturated carbocycles. The number of benzene rings is 1. The number of ether oxygens (including phenoxy) is 3. The highest BCUT2D eigenvalue weighted by Crippen LogP contribution is 2.38. The third-order valence-electron chi connectivity index (χ3n) is 8.46. The van der Waals surface area contributed by atoms with Crippen LogP contribution in [-0.2, 0) is 14.2 Å². The third-order valence-corrected chi connectivity index (χ3v) is 9.20. The molecule has 3 fully saturated rings. The fourth-order valence-electron chi connectivity index (χ4n) is 6.07. The SMILES string of the molecule is CO[C@H]1COCC[C@H]1NC1CCN(C(=O)c2ncnc(NC[C@H]3CCC[C@@H](c4ccc(SC(F)(F)F)cc4)O3)c2C)CC1. The minimum atomic E-state index is -4.31. The van der Waals surface area contributed by atoms with Gasteiger partial charge in [0.15, 0.2) is 0 Å². The van der Waals surface area contributed by atoms with Crippen molar-refractivity contribution in [2.45, 2.75) is 86.2 Å². The van der Waals surface area contributed by atoms with Crippen LogP contribution in [0.3, 0.4) is 0 Å². The van der Waals surface area contributed by atoms with E-state index in [1.807, 2.05) is 11.8 Å². The van der Waals surface area contributed by atoms with Gasteiger partial charge in [-0.25, -0.2) is 9.97 Å². The van der Waals surface area contributed by atoms with Gasteiger partial charge < -0.3 is 29.7 Å². The van der Waals surface area contributed by atoms with Crippen molar-refractivity contribution in [2.24, 2.45) is 0 Å². The number of carbonyl (C=O) groups is 1. The number of likely N-dealkylation sites (tertiary alicyclic amines) is 1. The summed E-state index contributed by atoms with van der Waals surface area (Å²) in [4.78, 5) is 24.2. The van der Waals surface area contributed by atoms with E-state index in [1.165, 1.54) is 18.5 Å². The molecule has 13 heteroatoms. The first kappa shape index (κ1) is 32.0. The van der Waals surface area contributed by atoms with Gasteiger partial charge in [0.1, 0.15) is 17.8 Å². The first-order chi connectivity index (χ1) is 20.7. The standard InChI is InChI=1S/C30H40F3N5O4S/c1-19-27(29(39)38-13-10-21(11-14-38)37-24-12-15-41-17-26(24)40-2)35-18-36-28(19)34-16-22-4-3-5-25(42-22)20-6-8-23(9-7-20)43-30(31,32)33/h6-9,18,21-22,24-26,37H,3-5,10-17H2,1-2H3,(H,34,35,36)/t22-,24-,25+,26+/m1/s1. The number of halogens is 3. The second-order valence-corrected chi connectivity index (χ2v) is 12.5. The Morgan fingerprint density at radius 1 is 1.12 bits per heavy atom. The lowest BCUT2D eigenvalue weighted by Crippen LogP contribution is -2.54. The molecule has 4 heterocycles. The number of nitrogens with zero attached hydrogens (tertiary/aromatic N) is 3. The largest absolute Gasteiger partial charge is 0.446 e. The van der Waals surface area contributed by atoms with Gasteiger partial charge in [0.05, 0.1) is 24.9 Å². The van der Waals surface area contributed by atoms with Crippen molar-refractivity contribution < 1.29 is 32.2 Å². The molecular formula is C30H40F3N5O4S. The first-order valence-electron chi connectivity index (χ1n) is 14.9. The zero-order valence-electron chi connectivity index (χ0n) is 24.6. The molecule has 0 spiro atoms. The third kappa shape index (κ3) is 8.59. The van der Waals surface area contributed by atoms with Gasteiger partial charge in [-0.05, 0) is 74.9 Å². The van der Waals surface area contributed by atoms with E-state index in [1.54, 1.807) is 19.2 Å². The number of anilines is 1. The van der Waals surface area contributed by atoms with Gasteiger partial charge >= 0.3 is 5.51 Å². The maximum absolute atomic E-state index is 13.4. The lowest BCUT2D eigenvalue weighted by atomic mass is 9.98. The normalized spacial score (nSPS) is 25.5. The molecule has 1 aromatic carbocycles. The van der Waals surface area contributed by atoms with Crippen molar-refractivity contribution in [3.05, 3.63) is 47.4 Å². The molecule has 0 bridgehead atoms. The number of aromatic nitrogens is 2. The number of thioether (sulfide) groups is 1. The van der Waals surface area contributed by atoms with E-state index >= 15 is 0 Å². The number of nitrogens with one attached hydrogen (secondary N) is 2. The van der Waals surface area contributed by atoms with E-state index in [9.17, 15) is 18.0 Å². The van der Waals surface area contributed by atoms with E-state index in [-0.39, 0.29) is 46.9 Å². The summed E-state index contributed by atoms with van der Waals surface area (Å²) in [5.74, 6) is 0.502. The Labute approximate surface area is 254 Å². The second kappa shape index (κ2) is 14.6. The maximum atomic E-state index is 13.4. The number of hydrogen-bond acceptors (Lipinski definition) is 9. The molecular weight excluding hydrogens is 583 g/mol. The first-order valence-corrected chi connectivity index (χ1v) is 15.7. The van der Waals surface area contributed by atoms with Gasteiger partial charge in [0, 0.05) is 55.9 Å². The summed E-state index contributed by atoms with van der Waals surface area (Å²) < 4.78 is 55.4. The fourth-order valence-corrected chi connectivity index (χ4v) is 6.61. The summed E-state index contributed by atoms with van der Waals surface area (Å²) in [7, 11) is 1.72. The number of methoxy groups -OCH3 is 1. The highest BCUT2D eigenvalue weighted by molar-refractivity contribution is 8.00. The predicted octanol–water partition coefficient (Wildman–Crippen LogP) is 5.12. The topological polar surface area (TPSA) is 97.8 Å². The molecule has 2 aromatic rings. The number of rotatable bonds is 9. The van der Waals surface area contributed by atoms with Crippen LogP contribution >= 0.6 is 11.8 Å². The van der Waals surface area contributed by atoms with Crippen LogP contribution < -0.4 is 10.6 Å². The molecule has 43 heavy (non-hydrogen) atoms. The van der Waals surface area contributed by atoms with Crippen molar-refractivity contribution in [2.75, 3.05) is 45.3 Å². The van der Waals surface area contributed by atoms with Crippen LogP contribution in [0.15, 0.2) is 35.5 Å². The average molecular weight is 624 g/mol. The van der Waals surface area contributed by atoms with Crippen LogP contribution in [0.25, 0.3) is 0 Å². The van der Waals surface area contributed by atoms with Crippen molar-refractivity contribution in [3.8, 4) is 0 Å². The summed E-state index contributed by atoms with van der Waals surface area (Å²) in [6.45, 7) is 4.98. The molecule has 4 atom stereocenters. The summed E-state index contributed by atoms with van der Waals surface area (Å²) in [6.07, 6.45) is 6.41. The Balaban J connectivity index is 1.12. The monoisotopic (exact) mass is 623 g/mol. The molecule has 0 unspecified atom stereocenters. The summed E-state index contributed by atoms with van der Waals surface area (Å²) in [6, 6.07) is 6.98. The number of hydrogen-bond donors (Lipinski definition) is 2. The van der Waals surface area contributed by atoms with Crippen LogP contribution in [0.4, 0.5) is 19.0 Å². The average Bonchev–Trinajstić information content (AvgIpc) is 3.01. The number of carbonyl (C=O) groups excluding carboxylic acids is 1. The Bertz CT molecular complexity index is 1210. The number of piperidine rings is 1. The van der Waals surface area contributed by atoms with Gasteiger partial charge in [-0.3, -0.25) is 4.79 Å². The van der Waals surface area contributed by atoms with Gasteiger partial charge in [-0.1, -0.05) is 12.1 Å². The van der Waals surface area contributed by atoms with Gasteiger partial charge in [-0.15, -0.1) is 0 Å². The molecule has 9 nitrogen and oxygen atoms in total. The van der Waals surface area contributed by atoms with Crippen LogP contribution in [-0.4, -0.2) is 90.5 Å². The number of amides is 1. The molecule has 3 aliphatic heterocycles. The molecule has 1 aromatic heterocycles. The van der Waals surface area contributed by atoms with Crippen LogP contribution in [0, 0.1) is 6.92 Å². The smallest absolute Gasteiger partial charge is 0.379 e. The van der Waals surface area contributed by atoms with Crippen LogP contribution in [0.5, 0.6) is 0 Å². The van der Waals surface area contributed by atoms with Crippen molar-refractivity contribution in [1.82, 2.24) is 20.2 Å². The zero-order chi connectivity index (χ0) is 30.4. The Morgan fingerprint density at radius 2 is 1.88 bits per heavy atom. The minimum absolute atomic E-state index is 0.0465. The van der Waals surface area contributed by atoms with E-state index in [0.717, 1.165) is 50.7 Å². The summed E-state index contributed by atoms with van der Waals surface area (Å²) in [5, 5.41) is 7.06. The molecule has 1 amide bonds. The molecule has 5 rings (SSSR count). The van der Waals surface area contributed by atoms with E-state index in [4.69, 9.17) is 14.2 Å².